The fourth-order valence-electron chi connectivity index (χ4n) is 2.02. The minimum Gasteiger partial charge on any atom is -0.507 e. The molecule has 0 saturated carbocycles. The molecule has 0 amide bonds. The molecule has 2 aromatic rings. The highest BCUT2D eigenvalue weighted by Gasteiger charge is 2.10. The standard InChI is InChI=1S/C16H17NO5/c1-21-14-6-3-10(7-15(14)22-2)9-17-11-4-5-12(16(19)20)13(18)8-11/h3-8,17-18H,9H2,1-2H3,(H,19,20). The van der Waals surface area contributed by atoms with E-state index in [1.165, 1.54) is 12.1 Å². The molecule has 22 heavy (non-hydrogen) atoms. The van der Waals surface area contributed by atoms with Crippen LogP contribution in [0.5, 0.6) is 17.2 Å². The van der Waals surface area contributed by atoms with Gasteiger partial charge < -0.3 is 25.0 Å². The fraction of sp³-hybridized carbons (Fsp3) is 0.188. The Morgan fingerprint density at radius 2 is 1.82 bits per heavy atom. The quantitative estimate of drug-likeness (QED) is 0.760. The van der Waals surface area contributed by atoms with Gasteiger partial charge in [-0.15, -0.1) is 0 Å². The largest absolute Gasteiger partial charge is 0.507 e. The maximum Gasteiger partial charge on any atom is 0.339 e. The van der Waals surface area contributed by atoms with E-state index >= 15 is 0 Å². The van der Waals surface area contributed by atoms with Gasteiger partial charge in [0.1, 0.15) is 11.3 Å². The number of anilines is 1. The van der Waals surface area contributed by atoms with E-state index in [4.69, 9.17) is 14.6 Å². The third-order valence-electron chi connectivity index (χ3n) is 3.17. The Hall–Kier alpha value is -2.89. The van der Waals surface area contributed by atoms with E-state index in [9.17, 15) is 9.90 Å². The molecule has 0 aliphatic carbocycles. The van der Waals surface area contributed by atoms with Gasteiger partial charge in [0.15, 0.2) is 11.5 Å². The summed E-state index contributed by atoms with van der Waals surface area (Å²) in [5.41, 5.74) is 1.45. The number of hydrogen-bond donors (Lipinski definition) is 3. The van der Waals surface area contributed by atoms with Crippen LogP contribution in [0.3, 0.4) is 0 Å². The molecule has 0 fully saturated rings. The summed E-state index contributed by atoms with van der Waals surface area (Å²) in [5, 5.41) is 21.6. The van der Waals surface area contributed by atoms with Crippen LogP contribution in [-0.4, -0.2) is 30.4 Å². The number of hydrogen-bond acceptors (Lipinski definition) is 5. The van der Waals surface area contributed by atoms with Crippen molar-refractivity contribution in [3.05, 3.63) is 47.5 Å². The first-order valence-electron chi connectivity index (χ1n) is 6.56. The zero-order valence-corrected chi connectivity index (χ0v) is 12.3. The van der Waals surface area contributed by atoms with Crippen molar-refractivity contribution < 1.29 is 24.5 Å². The van der Waals surface area contributed by atoms with Crippen LogP contribution in [-0.2, 0) is 6.54 Å². The molecule has 0 bridgehead atoms. The lowest BCUT2D eigenvalue weighted by atomic mass is 10.1. The summed E-state index contributed by atoms with van der Waals surface area (Å²) in [6, 6.07) is 9.88. The minimum absolute atomic E-state index is 0.128. The van der Waals surface area contributed by atoms with Gasteiger partial charge in [0, 0.05) is 18.3 Å². The smallest absolute Gasteiger partial charge is 0.339 e. The van der Waals surface area contributed by atoms with Crippen molar-refractivity contribution in [2.45, 2.75) is 6.54 Å². The van der Waals surface area contributed by atoms with Gasteiger partial charge in [0.2, 0.25) is 0 Å². The van der Waals surface area contributed by atoms with Crippen molar-refractivity contribution in [2.24, 2.45) is 0 Å². The molecule has 6 heteroatoms. The van der Waals surface area contributed by atoms with E-state index in [0.29, 0.717) is 23.7 Å². The number of rotatable bonds is 6. The van der Waals surface area contributed by atoms with Crippen molar-refractivity contribution in [1.29, 1.82) is 0 Å². The number of carboxylic acids is 1. The molecule has 0 aliphatic heterocycles. The number of ether oxygens (including phenoxy) is 2. The van der Waals surface area contributed by atoms with E-state index < -0.39 is 5.97 Å². The summed E-state index contributed by atoms with van der Waals surface area (Å²) in [6.07, 6.45) is 0. The Balaban J connectivity index is 2.10. The second kappa shape index (κ2) is 6.71. The van der Waals surface area contributed by atoms with Crippen LogP contribution < -0.4 is 14.8 Å². The van der Waals surface area contributed by atoms with Gasteiger partial charge >= 0.3 is 5.97 Å². The average molecular weight is 303 g/mol. The van der Waals surface area contributed by atoms with Crippen LogP contribution in [0.15, 0.2) is 36.4 Å². The van der Waals surface area contributed by atoms with Crippen LogP contribution in [0.25, 0.3) is 0 Å². The highest BCUT2D eigenvalue weighted by molar-refractivity contribution is 5.91. The molecule has 0 saturated heterocycles. The predicted octanol–water partition coefficient (Wildman–Crippen LogP) is 2.72. The highest BCUT2D eigenvalue weighted by atomic mass is 16.5. The number of aromatic hydroxyl groups is 1. The molecule has 3 N–H and O–H groups in total. The number of benzene rings is 2. The van der Waals surface area contributed by atoms with Gasteiger partial charge in [-0.2, -0.15) is 0 Å². The number of methoxy groups -OCH3 is 2. The average Bonchev–Trinajstić information content (AvgIpc) is 2.52. The van der Waals surface area contributed by atoms with Gasteiger partial charge in [-0.3, -0.25) is 0 Å². The van der Waals surface area contributed by atoms with Gasteiger partial charge in [0.05, 0.1) is 14.2 Å². The number of carboxylic acid groups (broad SMARTS) is 1. The van der Waals surface area contributed by atoms with Gasteiger partial charge in [-0.05, 0) is 29.8 Å². The fourth-order valence-corrected chi connectivity index (χ4v) is 2.02. The molecule has 2 rings (SSSR count). The van der Waals surface area contributed by atoms with Crippen LogP contribution >= 0.6 is 0 Å². The molecular formula is C16H17NO5. The maximum absolute atomic E-state index is 10.8. The molecule has 0 aromatic heterocycles. The van der Waals surface area contributed by atoms with Crippen LogP contribution in [0, 0.1) is 0 Å². The normalized spacial score (nSPS) is 10.1. The lowest BCUT2D eigenvalue weighted by Crippen LogP contribution is -2.02. The summed E-state index contributed by atoms with van der Waals surface area (Å²) < 4.78 is 10.4. The van der Waals surface area contributed by atoms with E-state index in [2.05, 4.69) is 5.32 Å². The van der Waals surface area contributed by atoms with Crippen LogP contribution in [0.4, 0.5) is 5.69 Å². The molecule has 0 atom stereocenters. The molecule has 0 aliphatic rings. The Kier molecular flexibility index (Phi) is 4.73. The van der Waals surface area contributed by atoms with Crippen molar-refractivity contribution in [3.63, 3.8) is 0 Å². The third-order valence-corrected chi connectivity index (χ3v) is 3.17. The zero-order valence-electron chi connectivity index (χ0n) is 12.3. The summed E-state index contributed by atoms with van der Waals surface area (Å²) in [7, 11) is 3.14. The van der Waals surface area contributed by atoms with Crippen molar-refractivity contribution in [3.8, 4) is 17.2 Å². The summed E-state index contributed by atoms with van der Waals surface area (Å²) in [4.78, 5) is 10.8. The lowest BCUT2D eigenvalue weighted by Gasteiger charge is -2.11. The van der Waals surface area contributed by atoms with Gasteiger partial charge in [-0.25, -0.2) is 4.79 Å². The number of aromatic carboxylic acids is 1. The van der Waals surface area contributed by atoms with Gasteiger partial charge in [-0.1, -0.05) is 6.07 Å². The van der Waals surface area contributed by atoms with E-state index in [1.54, 1.807) is 26.4 Å². The molecule has 0 spiro atoms. The molecule has 6 nitrogen and oxygen atoms in total. The first-order valence-corrected chi connectivity index (χ1v) is 6.56. The van der Waals surface area contributed by atoms with E-state index in [0.717, 1.165) is 5.56 Å². The number of nitrogens with one attached hydrogen (secondary N) is 1. The predicted molar refractivity (Wildman–Crippen MR) is 81.9 cm³/mol. The molecule has 0 unspecified atom stereocenters. The van der Waals surface area contributed by atoms with Crippen molar-refractivity contribution >= 4 is 11.7 Å². The summed E-state index contributed by atoms with van der Waals surface area (Å²) >= 11 is 0. The summed E-state index contributed by atoms with van der Waals surface area (Å²) in [6.45, 7) is 0.492. The van der Waals surface area contributed by atoms with Crippen LogP contribution in [0.1, 0.15) is 15.9 Å². The Bertz CT molecular complexity index is 684. The van der Waals surface area contributed by atoms with Crippen molar-refractivity contribution in [2.75, 3.05) is 19.5 Å². The summed E-state index contributed by atoms with van der Waals surface area (Å²) in [5.74, 6) is -0.158. The Labute approximate surface area is 127 Å². The van der Waals surface area contributed by atoms with Crippen molar-refractivity contribution in [1.82, 2.24) is 0 Å². The Morgan fingerprint density at radius 3 is 2.41 bits per heavy atom. The van der Waals surface area contributed by atoms with E-state index in [1.807, 2.05) is 12.1 Å². The first-order chi connectivity index (χ1) is 10.5. The lowest BCUT2D eigenvalue weighted by molar-refractivity contribution is 0.0694. The van der Waals surface area contributed by atoms with Crippen LogP contribution in [0.2, 0.25) is 0 Å². The SMILES string of the molecule is COc1ccc(CNc2ccc(C(=O)O)c(O)c2)cc1OC. The second-order valence-corrected chi connectivity index (χ2v) is 4.58. The van der Waals surface area contributed by atoms with Gasteiger partial charge in [0.25, 0.3) is 0 Å². The third kappa shape index (κ3) is 3.41. The minimum atomic E-state index is -1.16. The molecule has 0 radical (unpaired) electrons. The zero-order chi connectivity index (χ0) is 16.1. The number of phenols is 1. The monoisotopic (exact) mass is 303 g/mol. The molecule has 116 valence electrons. The number of carbonyl (C=O) groups is 1. The highest BCUT2D eigenvalue weighted by Crippen LogP contribution is 2.28. The second-order valence-electron chi connectivity index (χ2n) is 4.58. The van der Waals surface area contributed by atoms with E-state index in [-0.39, 0.29) is 11.3 Å². The first kappa shape index (κ1) is 15.5. The molecule has 2 aromatic carbocycles. The molecule has 0 heterocycles. The Morgan fingerprint density at radius 1 is 1.09 bits per heavy atom. The maximum atomic E-state index is 10.8. The molecular weight excluding hydrogens is 286 g/mol. The topological polar surface area (TPSA) is 88.0 Å².